The molecule has 0 saturated heterocycles. The lowest BCUT2D eigenvalue weighted by molar-refractivity contribution is -0.136. The van der Waals surface area contributed by atoms with Gasteiger partial charge >= 0.3 is 11.7 Å². The number of carboxylic acids is 1. The Hall–Kier alpha value is -1.24. The maximum atomic E-state index is 11.0. The Bertz CT molecular complexity index is 398. The van der Waals surface area contributed by atoms with Crippen molar-refractivity contribution in [3.63, 3.8) is 0 Å². The van der Waals surface area contributed by atoms with Crippen molar-refractivity contribution in [3.05, 3.63) is 10.5 Å². The normalized spacial score (nSPS) is 12.7. The summed E-state index contributed by atoms with van der Waals surface area (Å²) < 4.78 is 1.30. The monoisotopic (exact) mass is 231 g/mol. The van der Waals surface area contributed by atoms with E-state index in [2.05, 4.69) is 10.2 Å². The van der Waals surface area contributed by atoms with Gasteiger partial charge in [-0.3, -0.25) is 9.36 Å². The number of thioether (sulfide) groups is 1. The summed E-state index contributed by atoms with van der Waals surface area (Å²) in [5, 5.41) is 14.8. The maximum Gasteiger partial charge on any atom is 0.343 e. The van der Waals surface area contributed by atoms with Crippen molar-refractivity contribution in [1.29, 1.82) is 0 Å². The second-order valence-electron chi connectivity index (χ2n) is 3.10. The molecular formula is C8H13N3O3S. The van der Waals surface area contributed by atoms with E-state index in [0.717, 1.165) is 18.2 Å². The van der Waals surface area contributed by atoms with Crippen LogP contribution in [0.2, 0.25) is 0 Å². The lowest BCUT2D eigenvalue weighted by atomic mass is 10.2. The molecule has 1 unspecified atom stereocenters. The van der Waals surface area contributed by atoms with Gasteiger partial charge in [0.1, 0.15) is 5.25 Å². The Labute approximate surface area is 90.7 Å². The van der Waals surface area contributed by atoms with Gasteiger partial charge in [0, 0.05) is 7.05 Å². The summed E-state index contributed by atoms with van der Waals surface area (Å²) in [6, 6.07) is 0. The fourth-order valence-electron chi connectivity index (χ4n) is 1.06. The van der Waals surface area contributed by atoms with Gasteiger partial charge in [0.25, 0.3) is 0 Å². The molecule has 0 amide bonds. The standard InChI is InChI=1S/C8H13N3O3S/c1-3-4-5(6(12)13)15-8-10-9-7(14)11(8)2/h5H,3-4H2,1-2H3,(H,9,14)(H,12,13). The molecule has 0 aliphatic carbocycles. The lowest BCUT2D eigenvalue weighted by Gasteiger charge is -2.08. The fourth-order valence-corrected chi connectivity index (χ4v) is 2.11. The molecule has 1 atom stereocenters. The Kier molecular flexibility index (Phi) is 3.96. The average molecular weight is 231 g/mol. The summed E-state index contributed by atoms with van der Waals surface area (Å²) in [6.07, 6.45) is 1.34. The van der Waals surface area contributed by atoms with Gasteiger partial charge in [0.05, 0.1) is 0 Å². The molecule has 1 aromatic heterocycles. The number of nitrogens with one attached hydrogen (secondary N) is 1. The van der Waals surface area contributed by atoms with Gasteiger partial charge in [-0.1, -0.05) is 25.1 Å². The number of rotatable bonds is 5. The summed E-state index contributed by atoms with van der Waals surface area (Å²) >= 11 is 1.09. The molecule has 0 spiro atoms. The Morgan fingerprint density at radius 3 is 2.80 bits per heavy atom. The second kappa shape index (κ2) is 5.01. The van der Waals surface area contributed by atoms with Crippen molar-refractivity contribution >= 4 is 17.7 Å². The number of hydrogen-bond acceptors (Lipinski definition) is 4. The van der Waals surface area contributed by atoms with Crippen LogP contribution in [0.4, 0.5) is 0 Å². The molecule has 0 aromatic carbocycles. The second-order valence-corrected chi connectivity index (χ2v) is 4.27. The summed E-state index contributed by atoms with van der Waals surface area (Å²) in [5.74, 6) is -0.878. The summed E-state index contributed by atoms with van der Waals surface area (Å²) in [5.41, 5.74) is -0.335. The van der Waals surface area contributed by atoms with E-state index in [9.17, 15) is 9.59 Å². The number of aromatic nitrogens is 3. The van der Waals surface area contributed by atoms with Gasteiger partial charge in [0.15, 0.2) is 5.16 Å². The van der Waals surface area contributed by atoms with Crippen LogP contribution in [0, 0.1) is 0 Å². The zero-order valence-corrected chi connectivity index (χ0v) is 9.37. The number of carbonyl (C=O) groups is 1. The molecule has 0 radical (unpaired) electrons. The van der Waals surface area contributed by atoms with E-state index in [-0.39, 0.29) is 5.69 Å². The van der Waals surface area contributed by atoms with Crippen LogP contribution in [0.25, 0.3) is 0 Å². The van der Waals surface area contributed by atoms with Crippen LogP contribution in [0.1, 0.15) is 19.8 Å². The minimum atomic E-state index is -0.878. The third kappa shape index (κ3) is 2.85. The van der Waals surface area contributed by atoms with Crippen molar-refractivity contribution in [2.75, 3.05) is 0 Å². The predicted octanol–water partition coefficient (Wildman–Crippen LogP) is 0.454. The van der Waals surface area contributed by atoms with Gasteiger partial charge in [-0.2, -0.15) is 0 Å². The molecule has 1 aromatic rings. The van der Waals surface area contributed by atoms with E-state index in [1.807, 2.05) is 6.92 Å². The van der Waals surface area contributed by atoms with Crippen LogP contribution in [-0.4, -0.2) is 31.1 Å². The van der Waals surface area contributed by atoms with Crippen molar-refractivity contribution in [3.8, 4) is 0 Å². The summed E-state index contributed by atoms with van der Waals surface area (Å²) in [6.45, 7) is 1.92. The molecule has 7 heteroatoms. The number of aliphatic carboxylic acids is 1. The van der Waals surface area contributed by atoms with Gasteiger partial charge in [-0.25, -0.2) is 9.89 Å². The van der Waals surface area contributed by atoms with Gasteiger partial charge in [-0.05, 0) is 6.42 Å². The first-order valence-corrected chi connectivity index (χ1v) is 5.45. The first-order valence-electron chi connectivity index (χ1n) is 4.57. The van der Waals surface area contributed by atoms with Gasteiger partial charge in [0.2, 0.25) is 0 Å². The third-order valence-corrected chi connectivity index (χ3v) is 3.21. The van der Waals surface area contributed by atoms with Gasteiger partial charge < -0.3 is 5.11 Å². The molecule has 2 N–H and O–H groups in total. The van der Waals surface area contributed by atoms with E-state index in [1.165, 1.54) is 4.57 Å². The minimum absolute atomic E-state index is 0.335. The molecule has 0 saturated carbocycles. The number of nitrogens with zero attached hydrogens (tertiary/aromatic N) is 2. The molecule has 6 nitrogen and oxygen atoms in total. The van der Waals surface area contributed by atoms with Crippen LogP contribution in [0.5, 0.6) is 0 Å². The highest BCUT2D eigenvalue weighted by molar-refractivity contribution is 8.00. The van der Waals surface area contributed by atoms with E-state index in [1.54, 1.807) is 7.05 Å². The Morgan fingerprint density at radius 1 is 1.73 bits per heavy atom. The topological polar surface area (TPSA) is 88.0 Å². The minimum Gasteiger partial charge on any atom is -0.480 e. The molecule has 1 heterocycles. The highest BCUT2D eigenvalue weighted by atomic mass is 32.2. The number of H-pyrrole nitrogens is 1. The van der Waals surface area contributed by atoms with Crippen LogP contribution in [-0.2, 0) is 11.8 Å². The highest BCUT2D eigenvalue weighted by Crippen LogP contribution is 2.23. The third-order valence-electron chi connectivity index (χ3n) is 1.91. The largest absolute Gasteiger partial charge is 0.480 e. The van der Waals surface area contributed by atoms with Crippen LogP contribution in [0.15, 0.2) is 9.95 Å². The van der Waals surface area contributed by atoms with Crippen LogP contribution in [0.3, 0.4) is 0 Å². The smallest absolute Gasteiger partial charge is 0.343 e. The first-order chi connectivity index (χ1) is 7.06. The molecule has 0 aliphatic rings. The number of hydrogen-bond donors (Lipinski definition) is 2. The molecule has 0 fully saturated rings. The molecule has 0 aliphatic heterocycles. The predicted molar refractivity (Wildman–Crippen MR) is 56.0 cm³/mol. The van der Waals surface area contributed by atoms with Crippen LogP contribution >= 0.6 is 11.8 Å². The Balaban J connectivity index is 2.78. The molecule has 1 rings (SSSR count). The van der Waals surface area contributed by atoms with Crippen molar-refractivity contribution in [2.24, 2.45) is 7.05 Å². The zero-order valence-electron chi connectivity index (χ0n) is 8.56. The SMILES string of the molecule is CCCC(Sc1n[nH]c(=O)n1C)C(=O)O. The zero-order chi connectivity index (χ0) is 11.4. The number of carboxylic acid groups (broad SMARTS) is 1. The van der Waals surface area contributed by atoms with E-state index < -0.39 is 11.2 Å². The van der Waals surface area contributed by atoms with Crippen molar-refractivity contribution in [2.45, 2.75) is 30.2 Å². The molecule has 84 valence electrons. The fraction of sp³-hybridized carbons (Fsp3) is 0.625. The van der Waals surface area contributed by atoms with Crippen LogP contribution < -0.4 is 5.69 Å². The first kappa shape index (κ1) is 11.8. The summed E-state index contributed by atoms with van der Waals surface area (Å²) in [7, 11) is 1.55. The highest BCUT2D eigenvalue weighted by Gasteiger charge is 2.20. The van der Waals surface area contributed by atoms with Crippen molar-refractivity contribution in [1.82, 2.24) is 14.8 Å². The maximum absolute atomic E-state index is 11.0. The summed E-state index contributed by atoms with van der Waals surface area (Å²) in [4.78, 5) is 21.9. The lowest BCUT2D eigenvalue weighted by Crippen LogP contribution is -2.18. The number of aromatic amines is 1. The van der Waals surface area contributed by atoms with E-state index in [0.29, 0.717) is 11.6 Å². The Morgan fingerprint density at radius 2 is 2.40 bits per heavy atom. The average Bonchev–Trinajstić information content (AvgIpc) is 2.48. The molecular weight excluding hydrogens is 218 g/mol. The van der Waals surface area contributed by atoms with E-state index in [4.69, 9.17) is 5.11 Å². The molecule has 0 bridgehead atoms. The quantitative estimate of drug-likeness (QED) is 0.718. The van der Waals surface area contributed by atoms with Crippen molar-refractivity contribution < 1.29 is 9.90 Å². The molecule has 15 heavy (non-hydrogen) atoms. The van der Waals surface area contributed by atoms with Gasteiger partial charge in [-0.15, -0.1) is 5.10 Å². The van der Waals surface area contributed by atoms with E-state index >= 15 is 0 Å².